The summed E-state index contributed by atoms with van der Waals surface area (Å²) in [5.41, 5.74) is 1.58. The van der Waals surface area contributed by atoms with Gasteiger partial charge >= 0.3 is 0 Å². The standard InChI is InChI=1S/C21H24O3/c1-3-4-5-15-24-19-12-9-17(10-13-19)11-14-21(22)18-7-6-8-20(16-18)23-2/h6-14,16H,3-5,15H2,1-2H3/b14-11+. The van der Waals surface area contributed by atoms with E-state index in [-0.39, 0.29) is 5.78 Å². The summed E-state index contributed by atoms with van der Waals surface area (Å²) in [5.74, 6) is 1.50. The molecule has 0 saturated heterocycles. The van der Waals surface area contributed by atoms with Gasteiger partial charge in [-0.25, -0.2) is 0 Å². The summed E-state index contributed by atoms with van der Waals surface area (Å²) in [7, 11) is 1.59. The van der Waals surface area contributed by atoms with Gasteiger partial charge < -0.3 is 9.47 Å². The molecule has 0 aromatic heterocycles. The summed E-state index contributed by atoms with van der Waals surface area (Å²) < 4.78 is 10.8. The van der Waals surface area contributed by atoms with Crippen molar-refractivity contribution in [2.24, 2.45) is 0 Å². The maximum absolute atomic E-state index is 12.2. The van der Waals surface area contributed by atoms with E-state index in [2.05, 4.69) is 6.92 Å². The Bertz CT molecular complexity index is 672. The van der Waals surface area contributed by atoms with E-state index in [0.717, 1.165) is 24.3 Å². The highest BCUT2D eigenvalue weighted by Gasteiger charge is 2.03. The smallest absolute Gasteiger partial charge is 0.185 e. The molecule has 0 aliphatic rings. The first kappa shape index (κ1) is 17.8. The molecular weight excluding hydrogens is 300 g/mol. The van der Waals surface area contributed by atoms with Crippen molar-refractivity contribution < 1.29 is 14.3 Å². The second-order valence-corrected chi connectivity index (χ2v) is 5.55. The number of unbranched alkanes of at least 4 members (excludes halogenated alkanes) is 2. The van der Waals surface area contributed by atoms with Crippen LogP contribution >= 0.6 is 0 Å². The molecule has 3 nitrogen and oxygen atoms in total. The highest BCUT2D eigenvalue weighted by molar-refractivity contribution is 6.07. The minimum absolute atomic E-state index is 0.0474. The van der Waals surface area contributed by atoms with E-state index >= 15 is 0 Å². The molecule has 0 atom stereocenters. The van der Waals surface area contributed by atoms with E-state index in [4.69, 9.17) is 9.47 Å². The van der Waals surface area contributed by atoms with Crippen LogP contribution in [0.3, 0.4) is 0 Å². The van der Waals surface area contributed by atoms with Crippen molar-refractivity contribution in [3.8, 4) is 11.5 Å². The van der Waals surface area contributed by atoms with E-state index < -0.39 is 0 Å². The minimum atomic E-state index is -0.0474. The molecule has 0 N–H and O–H groups in total. The van der Waals surface area contributed by atoms with Gasteiger partial charge in [0.25, 0.3) is 0 Å². The van der Waals surface area contributed by atoms with Crippen LogP contribution in [0.1, 0.15) is 42.1 Å². The monoisotopic (exact) mass is 324 g/mol. The van der Waals surface area contributed by atoms with Crippen LogP contribution in [0.2, 0.25) is 0 Å². The molecular formula is C21H24O3. The maximum Gasteiger partial charge on any atom is 0.185 e. The third-order valence-corrected chi connectivity index (χ3v) is 3.68. The average Bonchev–Trinajstić information content (AvgIpc) is 2.64. The second kappa shape index (κ2) is 9.56. The molecule has 0 unspecified atom stereocenters. The van der Waals surface area contributed by atoms with Crippen LogP contribution in [0.5, 0.6) is 11.5 Å². The van der Waals surface area contributed by atoms with Crippen molar-refractivity contribution in [3.05, 3.63) is 65.7 Å². The SMILES string of the molecule is CCCCCOc1ccc(/C=C/C(=O)c2cccc(OC)c2)cc1. The molecule has 0 heterocycles. The van der Waals surface area contributed by atoms with Gasteiger partial charge in [0, 0.05) is 5.56 Å². The first-order valence-corrected chi connectivity index (χ1v) is 8.32. The van der Waals surface area contributed by atoms with Gasteiger partial charge in [0.05, 0.1) is 13.7 Å². The Morgan fingerprint density at radius 1 is 1.04 bits per heavy atom. The zero-order valence-corrected chi connectivity index (χ0v) is 14.3. The van der Waals surface area contributed by atoms with Crippen LogP contribution in [0.4, 0.5) is 0 Å². The maximum atomic E-state index is 12.2. The first-order chi connectivity index (χ1) is 11.7. The predicted octanol–water partition coefficient (Wildman–Crippen LogP) is 5.16. The summed E-state index contributed by atoms with van der Waals surface area (Å²) >= 11 is 0. The number of allylic oxidation sites excluding steroid dienone is 1. The van der Waals surface area contributed by atoms with Gasteiger partial charge in [0.1, 0.15) is 11.5 Å². The van der Waals surface area contributed by atoms with E-state index in [9.17, 15) is 4.79 Å². The first-order valence-electron chi connectivity index (χ1n) is 8.32. The summed E-state index contributed by atoms with van der Waals surface area (Å²) in [6.07, 6.45) is 6.84. The zero-order chi connectivity index (χ0) is 17.2. The predicted molar refractivity (Wildman–Crippen MR) is 97.8 cm³/mol. The summed E-state index contributed by atoms with van der Waals surface area (Å²) in [4.78, 5) is 12.2. The van der Waals surface area contributed by atoms with Gasteiger partial charge in [0.15, 0.2) is 5.78 Å². The lowest BCUT2D eigenvalue weighted by molar-refractivity contribution is 0.104. The Kier molecular flexibility index (Phi) is 7.09. The third kappa shape index (κ3) is 5.58. The molecule has 0 aliphatic carbocycles. The van der Waals surface area contributed by atoms with Crippen LogP contribution in [0, 0.1) is 0 Å². The van der Waals surface area contributed by atoms with Crippen LogP contribution in [0.15, 0.2) is 54.6 Å². The highest BCUT2D eigenvalue weighted by atomic mass is 16.5. The number of benzene rings is 2. The number of rotatable bonds is 9. The van der Waals surface area contributed by atoms with Gasteiger partial charge in [0.2, 0.25) is 0 Å². The molecule has 0 radical (unpaired) electrons. The lowest BCUT2D eigenvalue weighted by Crippen LogP contribution is -1.96. The fourth-order valence-electron chi connectivity index (χ4n) is 2.26. The molecule has 2 aromatic rings. The lowest BCUT2D eigenvalue weighted by Gasteiger charge is -2.05. The van der Waals surface area contributed by atoms with Gasteiger partial charge in [-0.3, -0.25) is 4.79 Å². The number of carbonyl (C=O) groups is 1. The number of hydrogen-bond acceptors (Lipinski definition) is 3. The topological polar surface area (TPSA) is 35.5 Å². The van der Waals surface area contributed by atoms with Crippen LogP contribution in [-0.2, 0) is 0 Å². The molecule has 2 rings (SSSR count). The molecule has 0 aliphatic heterocycles. The largest absolute Gasteiger partial charge is 0.497 e. The second-order valence-electron chi connectivity index (χ2n) is 5.55. The molecule has 0 spiro atoms. The molecule has 0 amide bonds. The van der Waals surface area contributed by atoms with Crippen molar-refractivity contribution in [1.29, 1.82) is 0 Å². The lowest BCUT2D eigenvalue weighted by atomic mass is 10.1. The average molecular weight is 324 g/mol. The van der Waals surface area contributed by atoms with Gasteiger partial charge in [-0.05, 0) is 42.3 Å². The van der Waals surface area contributed by atoms with E-state index in [1.54, 1.807) is 25.3 Å². The van der Waals surface area contributed by atoms with Crippen molar-refractivity contribution in [1.82, 2.24) is 0 Å². The zero-order valence-electron chi connectivity index (χ0n) is 14.3. The van der Waals surface area contributed by atoms with Gasteiger partial charge in [-0.15, -0.1) is 0 Å². The normalized spacial score (nSPS) is 10.8. The fraction of sp³-hybridized carbons (Fsp3) is 0.286. The molecule has 126 valence electrons. The number of hydrogen-bond donors (Lipinski definition) is 0. The Hall–Kier alpha value is -2.55. The van der Waals surface area contributed by atoms with Gasteiger partial charge in [-0.2, -0.15) is 0 Å². The van der Waals surface area contributed by atoms with Crippen LogP contribution in [0.25, 0.3) is 6.08 Å². The molecule has 0 fully saturated rings. The minimum Gasteiger partial charge on any atom is -0.497 e. The van der Waals surface area contributed by atoms with Crippen molar-refractivity contribution >= 4 is 11.9 Å². The molecule has 3 heteroatoms. The number of ether oxygens (including phenoxy) is 2. The van der Waals surface area contributed by atoms with Crippen LogP contribution in [-0.4, -0.2) is 19.5 Å². The Morgan fingerprint density at radius 3 is 2.54 bits per heavy atom. The third-order valence-electron chi connectivity index (χ3n) is 3.68. The van der Waals surface area contributed by atoms with Crippen molar-refractivity contribution in [2.45, 2.75) is 26.2 Å². The summed E-state index contributed by atoms with van der Waals surface area (Å²) in [6, 6.07) is 14.9. The van der Waals surface area contributed by atoms with E-state index in [0.29, 0.717) is 11.3 Å². The number of methoxy groups -OCH3 is 1. The molecule has 24 heavy (non-hydrogen) atoms. The van der Waals surface area contributed by atoms with Gasteiger partial charge in [-0.1, -0.05) is 50.1 Å². The van der Waals surface area contributed by atoms with Crippen molar-refractivity contribution in [2.75, 3.05) is 13.7 Å². The van der Waals surface area contributed by atoms with Crippen LogP contribution < -0.4 is 9.47 Å². The fourth-order valence-corrected chi connectivity index (χ4v) is 2.26. The summed E-state index contributed by atoms with van der Waals surface area (Å²) in [6.45, 7) is 2.92. The molecule has 0 saturated carbocycles. The van der Waals surface area contributed by atoms with Crippen molar-refractivity contribution in [3.63, 3.8) is 0 Å². The molecule has 2 aromatic carbocycles. The Morgan fingerprint density at radius 2 is 1.83 bits per heavy atom. The molecule has 0 bridgehead atoms. The highest BCUT2D eigenvalue weighted by Crippen LogP contribution is 2.16. The summed E-state index contributed by atoms with van der Waals surface area (Å²) in [5, 5.41) is 0. The number of ketones is 1. The number of carbonyl (C=O) groups excluding carboxylic acids is 1. The quantitative estimate of drug-likeness (QED) is 0.363. The Labute approximate surface area is 143 Å². The van der Waals surface area contributed by atoms with E-state index in [1.165, 1.54) is 12.8 Å². The van der Waals surface area contributed by atoms with E-state index in [1.807, 2.05) is 42.5 Å². The Balaban J connectivity index is 1.92.